The molecule has 0 radical (unpaired) electrons. The molecule has 0 saturated carbocycles. The Bertz CT molecular complexity index is 1300. The van der Waals surface area contributed by atoms with Gasteiger partial charge in [0, 0.05) is 42.0 Å². The number of nitrogens with zero attached hydrogens (tertiary/aromatic N) is 2. The number of allylic oxidation sites excluding steroid dienone is 5. The Morgan fingerprint density at radius 1 is 1.12 bits per heavy atom. The predicted octanol–water partition coefficient (Wildman–Crippen LogP) is 11.2. The molecule has 0 amide bonds. The molecule has 3 rings (SSSR count). The summed E-state index contributed by atoms with van der Waals surface area (Å²) in [4.78, 5) is 0. The molecule has 2 unspecified atom stereocenters. The van der Waals surface area contributed by atoms with Gasteiger partial charge in [-0.25, -0.2) is 0 Å². The zero-order valence-corrected chi connectivity index (χ0v) is 30.7. The van der Waals surface area contributed by atoms with Gasteiger partial charge in [-0.05, 0) is 127 Å². The van der Waals surface area contributed by atoms with E-state index in [1.807, 2.05) is 25.6 Å². The average molecular weight is 588 g/mol. The second-order valence-electron chi connectivity index (χ2n) is 14.2. The topological polar surface area (TPSA) is 29.9 Å². The highest BCUT2D eigenvalue weighted by Crippen LogP contribution is 2.34. The Balaban J connectivity index is 0.000000592. The van der Waals surface area contributed by atoms with Gasteiger partial charge >= 0.3 is 0 Å². The van der Waals surface area contributed by atoms with Crippen molar-refractivity contribution in [1.29, 1.82) is 0 Å². The van der Waals surface area contributed by atoms with Gasteiger partial charge < -0.3 is 5.32 Å². The molecule has 1 N–H and O–H groups in total. The third-order valence-electron chi connectivity index (χ3n) is 8.22. The molecule has 2 aromatic rings. The van der Waals surface area contributed by atoms with Crippen LogP contribution >= 0.6 is 0 Å². The van der Waals surface area contributed by atoms with Crippen LogP contribution < -0.4 is 5.32 Å². The van der Waals surface area contributed by atoms with Gasteiger partial charge in [0.25, 0.3) is 0 Å². The van der Waals surface area contributed by atoms with Crippen molar-refractivity contribution in [2.75, 3.05) is 0 Å². The lowest BCUT2D eigenvalue weighted by Gasteiger charge is -2.45. The average Bonchev–Trinajstić information content (AvgIpc) is 3.27. The van der Waals surface area contributed by atoms with Crippen LogP contribution in [0.15, 0.2) is 47.7 Å². The van der Waals surface area contributed by atoms with E-state index in [0.29, 0.717) is 17.0 Å². The molecule has 2 heterocycles. The number of aryl methyl sites for hydroxylation is 2. The maximum Gasteiger partial charge on any atom is 0.0952 e. The van der Waals surface area contributed by atoms with Crippen molar-refractivity contribution in [1.82, 2.24) is 15.1 Å². The van der Waals surface area contributed by atoms with Crippen molar-refractivity contribution in [2.45, 2.75) is 140 Å². The van der Waals surface area contributed by atoms with Crippen molar-refractivity contribution in [3.8, 4) is 11.8 Å². The molecule has 1 aromatic heterocycles. The molecule has 0 spiro atoms. The van der Waals surface area contributed by atoms with Crippen LogP contribution in [0.3, 0.4) is 0 Å². The van der Waals surface area contributed by atoms with Gasteiger partial charge in [0.1, 0.15) is 0 Å². The lowest BCUT2D eigenvalue weighted by molar-refractivity contribution is 0.138. The normalized spacial score (nSPS) is 17.3. The van der Waals surface area contributed by atoms with Crippen LogP contribution in [0.1, 0.15) is 133 Å². The molecule has 1 fully saturated rings. The highest BCUT2D eigenvalue weighted by Gasteiger charge is 2.35. The molecule has 2 atom stereocenters. The monoisotopic (exact) mass is 588 g/mol. The maximum absolute atomic E-state index is 4.63. The Hall–Kier alpha value is -2.57. The van der Waals surface area contributed by atoms with Crippen molar-refractivity contribution in [2.24, 2.45) is 24.8 Å². The first-order valence-electron chi connectivity index (χ1n) is 16.7. The molecular formula is C40H65N3. The molecule has 43 heavy (non-hydrogen) atoms. The Morgan fingerprint density at radius 3 is 2.16 bits per heavy atom. The van der Waals surface area contributed by atoms with Crippen LogP contribution in [0.5, 0.6) is 0 Å². The van der Waals surface area contributed by atoms with E-state index in [-0.39, 0.29) is 5.92 Å². The highest BCUT2D eigenvalue weighted by molar-refractivity contribution is 5.87. The van der Waals surface area contributed by atoms with Crippen LogP contribution in [0, 0.1) is 36.5 Å². The number of nitrogens with one attached hydrogen (secondary N) is 1. The Morgan fingerprint density at radius 2 is 1.70 bits per heavy atom. The number of piperidine rings is 1. The molecular weight excluding hydrogens is 522 g/mol. The first-order chi connectivity index (χ1) is 20.0. The zero-order chi connectivity index (χ0) is 33.1. The second kappa shape index (κ2) is 17.1. The van der Waals surface area contributed by atoms with Gasteiger partial charge in [0.2, 0.25) is 0 Å². The number of hydrogen-bond acceptors (Lipinski definition) is 2. The Labute approximate surface area is 266 Å². The van der Waals surface area contributed by atoms with Crippen LogP contribution in [0.2, 0.25) is 0 Å². The van der Waals surface area contributed by atoms with Gasteiger partial charge in [-0.1, -0.05) is 71.3 Å². The second-order valence-corrected chi connectivity index (χ2v) is 14.2. The standard InChI is InChI=1S/C28H38N2.C10H21N.C2H6/c1-10-12-13-23(11-2)27(17-24(20(5)6)14-21(7)19(3)4)25-15-22(8)28-26(16-25)18-30(9)29-28;1-8-6-9(2,3)11-10(4,5)7-8;1-2/h15-18,21,23H,3,10-11,14H2,1-2,4-9H3;8,11H,6-7H2,1-5H3;1-2H3/b27-17+;;. The van der Waals surface area contributed by atoms with Gasteiger partial charge in [-0.2, -0.15) is 5.10 Å². The predicted molar refractivity (Wildman–Crippen MR) is 193 cm³/mol. The minimum atomic E-state index is 0.216. The fourth-order valence-electron chi connectivity index (χ4n) is 6.54. The lowest BCUT2D eigenvalue weighted by atomic mass is 9.77. The summed E-state index contributed by atoms with van der Waals surface area (Å²) < 4.78 is 1.90. The summed E-state index contributed by atoms with van der Waals surface area (Å²) in [7, 11) is 1.98. The quantitative estimate of drug-likeness (QED) is 0.198. The summed E-state index contributed by atoms with van der Waals surface area (Å²) in [5, 5.41) is 9.47. The van der Waals surface area contributed by atoms with E-state index in [1.54, 1.807) is 0 Å². The summed E-state index contributed by atoms with van der Waals surface area (Å²) in [6.07, 6.45) is 10.00. The summed E-state index contributed by atoms with van der Waals surface area (Å²) >= 11 is 0. The van der Waals surface area contributed by atoms with E-state index in [2.05, 4.69) is 136 Å². The fraction of sp³-hybridized carbons (Fsp3) is 0.625. The van der Waals surface area contributed by atoms with Gasteiger partial charge in [-0.15, -0.1) is 5.92 Å². The van der Waals surface area contributed by atoms with E-state index in [9.17, 15) is 0 Å². The number of hydrogen-bond donors (Lipinski definition) is 1. The number of aromatic nitrogens is 2. The van der Waals surface area contributed by atoms with Crippen molar-refractivity contribution in [3.05, 3.63) is 58.8 Å². The van der Waals surface area contributed by atoms with E-state index in [1.165, 1.54) is 51.6 Å². The van der Waals surface area contributed by atoms with Crippen molar-refractivity contribution in [3.63, 3.8) is 0 Å². The molecule has 1 aliphatic rings. The van der Waals surface area contributed by atoms with Crippen LogP contribution in [-0.4, -0.2) is 20.9 Å². The van der Waals surface area contributed by atoms with Crippen LogP contribution in [-0.2, 0) is 7.05 Å². The SMILES string of the molecule is C=C(C)C(C)CC(/C=C(/c1cc(C)c2nn(C)cc2c1)C(C#CCC)CC)=C(C)C.CC.CC1CC(C)(C)NC(C)(C)C1. The first kappa shape index (κ1) is 38.5. The Kier molecular flexibility index (Phi) is 15.3. The molecule has 0 aliphatic carbocycles. The van der Waals surface area contributed by atoms with E-state index in [4.69, 9.17) is 0 Å². The molecule has 240 valence electrons. The lowest BCUT2D eigenvalue weighted by Crippen LogP contribution is -2.57. The van der Waals surface area contributed by atoms with Crippen LogP contribution in [0.25, 0.3) is 16.5 Å². The van der Waals surface area contributed by atoms with Crippen LogP contribution in [0.4, 0.5) is 0 Å². The third kappa shape index (κ3) is 12.1. The van der Waals surface area contributed by atoms with Gasteiger partial charge in [-0.3, -0.25) is 4.68 Å². The molecule has 3 heteroatoms. The van der Waals surface area contributed by atoms with Gasteiger partial charge in [0.15, 0.2) is 0 Å². The van der Waals surface area contributed by atoms with E-state index in [0.717, 1.165) is 30.7 Å². The van der Waals surface area contributed by atoms with Crippen molar-refractivity contribution < 1.29 is 0 Å². The molecule has 1 aromatic carbocycles. The molecule has 1 saturated heterocycles. The molecule has 0 bridgehead atoms. The van der Waals surface area contributed by atoms with E-state index < -0.39 is 0 Å². The molecule has 1 aliphatic heterocycles. The van der Waals surface area contributed by atoms with Gasteiger partial charge in [0.05, 0.1) is 5.52 Å². The third-order valence-corrected chi connectivity index (χ3v) is 8.22. The minimum Gasteiger partial charge on any atom is -0.307 e. The van der Waals surface area contributed by atoms with E-state index >= 15 is 0 Å². The fourth-order valence-corrected chi connectivity index (χ4v) is 6.54. The maximum atomic E-state index is 4.63. The summed E-state index contributed by atoms with van der Waals surface area (Å²) in [5.74, 6) is 8.39. The number of benzene rings is 1. The minimum absolute atomic E-state index is 0.216. The first-order valence-corrected chi connectivity index (χ1v) is 16.7. The summed E-state index contributed by atoms with van der Waals surface area (Å²) in [5.41, 5.74) is 9.51. The number of fused-ring (bicyclic) bond motifs is 1. The highest BCUT2D eigenvalue weighted by atomic mass is 15.2. The number of rotatable bonds is 7. The summed E-state index contributed by atoms with van der Waals surface area (Å²) in [6, 6.07) is 4.56. The largest absolute Gasteiger partial charge is 0.307 e. The smallest absolute Gasteiger partial charge is 0.0952 e. The zero-order valence-electron chi connectivity index (χ0n) is 30.7. The van der Waals surface area contributed by atoms with Crippen molar-refractivity contribution >= 4 is 16.5 Å². The molecule has 3 nitrogen and oxygen atoms in total. The summed E-state index contributed by atoms with van der Waals surface area (Å²) in [6.45, 7) is 35.0.